The molecule has 2 rings (SSSR count). The number of amides is 1. The van der Waals surface area contributed by atoms with E-state index in [1.807, 2.05) is 14.0 Å². The van der Waals surface area contributed by atoms with Gasteiger partial charge >= 0.3 is 0 Å². The maximum absolute atomic E-state index is 11.2. The number of primary amides is 1. The highest BCUT2D eigenvalue weighted by Crippen LogP contribution is 2.22. The highest BCUT2D eigenvalue weighted by atomic mass is 16.1. The molecule has 0 aliphatic carbocycles. The number of carbonyl (C=O) groups excluding carboxylic acids is 1. The Hall–Kier alpha value is -2.24. The molecule has 2 heterocycles. The molecule has 0 bridgehead atoms. The molecule has 0 aliphatic rings. The molecule has 0 radical (unpaired) electrons. The zero-order valence-corrected chi connectivity index (χ0v) is 10.6. The Morgan fingerprint density at radius 3 is 2.78 bits per heavy atom. The monoisotopic (exact) mass is 245 g/mol. The van der Waals surface area contributed by atoms with Crippen molar-refractivity contribution in [3.63, 3.8) is 0 Å². The quantitative estimate of drug-likeness (QED) is 0.868. The molecule has 6 nitrogen and oxygen atoms in total. The zero-order valence-electron chi connectivity index (χ0n) is 10.6. The van der Waals surface area contributed by atoms with E-state index in [0.29, 0.717) is 11.5 Å². The second-order valence-electron chi connectivity index (χ2n) is 4.05. The molecular weight excluding hydrogens is 230 g/mol. The number of hydrogen-bond donors (Lipinski definition) is 1. The lowest BCUT2D eigenvalue weighted by molar-refractivity contribution is 0.0995. The largest absolute Gasteiger partial charge is 0.364 e. The number of carbonyl (C=O) groups is 1. The zero-order chi connectivity index (χ0) is 13.3. The minimum Gasteiger partial charge on any atom is -0.364 e. The summed E-state index contributed by atoms with van der Waals surface area (Å²) in [4.78, 5) is 19.6. The minimum atomic E-state index is -0.554. The van der Waals surface area contributed by atoms with Gasteiger partial charge in [-0.25, -0.2) is 9.97 Å². The van der Waals surface area contributed by atoms with Crippen molar-refractivity contribution >= 4 is 5.91 Å². The van der Waals surface area contributed by atoms with E-state index < -0.39 is 5.91 Å². The summed E-state index contributed by atoms with van der Waals surface area (Å²) in [6.07, 6.45) is 2.65. The summed E-state index contributed by atoms with van der Waals surface area (Å²) < 4.78 is 1.74. The van der Waals surface area contributed by atoms with Gasteiger partial charge in [0.15, 0.2) is 0 Å². The van der Waals surface area contributed by atoms with E-state index in [0.717, 1.165) is 17.7 Å². The first-order valence-corrected chi connectivity index (χ1v) is 5.69. The molecule has 0 spiro atoms. The Labute approximate surface area is 105 Å². The first-order chi connectivity index (χ1) is 8.52. The lowest BCUT2D eigenvalue weighted by Crippen LogP contribution is -2.15. The Balaban J connectivity index is 2.63. The number of rotatable bonds is 3. The first kappa shape index (κ1) is 12.2. The van der Waals surface area contributed by atoms with Crippen molar-refractivity contribution in [3.05, 3.63) is 29.3 Å². The molecule has 94 valence electrons. The fourth-order valence-corrected chi connectivity index (χ4v) is 1.89. The summed E-state index contributed by atoms with van der Waals surface area (Å²) in [5.41, 5.74) is 8.13. The third-order valence-electron chi connectivity index (χ3n) is 2.73. The maximum atomic E-state index is 11.2. The molecule has 0 unspecified atom stereocenters. The average Bonchev–Trinajstić information content (AvgIpc) is 2.69. The SMILES string of the molecule is CCc1cnn(C)c1-c1cc(C(N)=O)nc(C)n1. The van der Waals surface area contributed by atoms with Crippen molar-refractivity contribution in [2.24, 2.45) is 12.8 Å². The second-order valence-corrected chi connectivity index (χ2v) is 4.05. The van der Waals surface area contributed by atoms with Crippen molar-refractivity contribution in [1.29, 1.82) is 0 Å². The molecule has 2 N–H and O–H groups in total. The Morgan fingerprint density at radius 2 is 2.17 bits per heavy atom. The molecule has 0 atom stereocenters. The van der Waals surface area contributed by atoms with E-state index in [9.17, 15) is 4.79 Å². The van der Waals surface area contributed by atoms with Crippen LogP contribution in [0.25, 0.3) is 11.4 Å². The van der Waals surface area contributed by atoms with E-state index >= 15 is 0 Å². The van der Waals surface area contributed by atoms with Gasteiger partial charge in [-0.2, -0.15) is 5.10 Å². The fourth-order valence-electron chi connectivity index (χ4n) is 1.89. The van der Waals surface area contributed by atoms with Crippen LogP contribution < -0.4 is 5.73 Å². The topological polar surface area (TPSA) is 86.7 Å². The Bertz CT molecular complexity index is 603. The molecule has 18 heavy (non-hydrogen) atoms. The molecule has 0 aliphatic heterocycles. The molecule has 0 aromatic carbocycles. The van der Waals surface area contributed by atoms with Gasteiger partial charge in [-0.05, 0) is 25.0 Å². The third-order valence-corrected chi connectivity index (χ3v) is 2.73. The highest BCUT2D eigenvalue weighted by Gasteiger charge is 2.14. The maximum Gasteiger partial charge on any atom is 0.267 e. The van der Waals surface area contributed by atoms with Crippen LogP contribution in [0.5, 0.6) is 0 Å². The van der Waals surface area contributed by atoms with Gasteiger partial charge in [0.1, 0.15) is 11.5 Å². The Morgan fingerprint density at radius 1 is 1.44 bits per heavy atom. The molecular formula is C12H15N5O. The van der Waals surface area contributed by atoms with Crippen molar-refractivity contribution in [2.45, 2.75) is 20.3 Å². The van der Waals surface area contributed by atoms with E-state index in [4.69, 9.17) is 5.73 Å². The fraction of sp³-hybridized carbons (Fsp3) is 0.333. The van der Waals surface area contributed by atoms with E-state index in [1.165, 1.54) is 0 Å². The summed E-state index contributed by atoms with van der Waals surface area (Å²) >= 11 is 0. The number of nitrogens with zero attached hydrogens (tertiary/aromatic N) is 4. The molecule has 6 heteroatoms. The van der Waals surface area contributed by atoms with Gasteiger partial charge in [0.05, 0.1) is 17.6 Å². The van der Waals surface area contributed by atoms with Crippen molar-refractivity contribution in [3.8, 4) is 11.4 Å². The summed E-state index contributed by atoms with van der Waals surface area (Å²) in [6.45, 7) is 3.78. The number of aryl methyl sites for hydroxylation is 3. The van der Waals surface area contributed by atoms with Gasteiger partial charge < -0.3 is 5.73 Å². The van der Waals surface area contributed by atoms with Gasteiger partial charge in [-0.3, -0.25) is 9.48 Å². The molecule has 2 aromatic rings. The lowest BCUT2D eigenvalue weighted by atomic mass is 10.1. The van der Waals surface area contributed by atoms with Crippen LogP contribution >= 0.6 is 0 Å². The van der Waals surface area contributed by atoms with Crippen molar-refractivity contribution < 1.29 is 4.79 Å². The van der Waals surface area contributed by atoms with Crippen LogP contribution in [0.1, 0.15) is 28.8 Å². The summed E-state index contributed by atoms with van der Waals surface area (Å²) in [6, 6.07) is 1.60. The Kier molecular flexibility index (Phi) is 3.10. The lowest BCUT2D eigenvalue weighted by Gasteiger charge is -2.06. The van der Waals surface area contributed by atoms with Crippen LogP contribution in [0, 0.1) is 6.92 Å². The standard InChI is InChI=1S/C12H15N5O/c1-4-8-6-14-17(3)11(8)9-5-10(12(13)18)16-7(2)15-9/h5-6H,4H2,1-3H3,(H2,13,18). The molecule has 0 fully saturated rings. The smallest absolute Gasteiger partial charge is 0.267 e. The third kappa shape index (κ3) is 2.09. The number of nitrogens with two attached hydrogens (primary N) is 1. The molecule has 2 aromatic heterocycles. The number of aromatic nitrogens is 4. The van der Waals surface area contributed by atoms with E-state index in [-0.39, 0.29) is 5.69 Å². The molecule has 0 saturated carbocycles. The highest BCUT2D eigenvalue weighted by molar-refractivity contribution is 5.91. The van der Waals surface area contributed by atoms with Crippen LogP contribution in [0.15, 0.2) is 12.3 Å². The molecule has 0 saturated heterocycles. The predicted molar refractivity (Wildman–Crippen MR) is 66.9 cm³/mol. The predicted octanol–water partition coefficient (Wildman–Crippen LogP) is 0.847. The summed E-state index contributed by atoms with van der Waals surface area (Å²) in [7, 11) is 1.84. The molecule has 1 amide bonds. The van der Waals surface area contributed by atoms with E-state index in [1.54, 1.807) is 23.9 Å². The summed E-state index contributed by atoms with van der Waals surface area (Å²) in [5, 5.41) is 4.21. The van der Waals surface area contributed by atoms with Crippen LogP contribution in [0.4, 0.5) is 0 Å². The van der Waals surface area contributed by atoms with Gasteiger partial charge in [-0.15, -0.1) is 0 Å². The van der Waals surface area contributed by atoms with Crippen molar-refractivity contribution in [1.82, 2.24) is 19.7 Å². The van der Waals surface area contributed by atoms with Gasteiger partial charge in [0, 0.05) is 7.05 Å². The van der Waals surface area contributed by atoms with Gasteiger partial charge in [0.25, 0.3) is 5.91 Å². The van der Waals surface area contributed by atoms with Crippen LogP contribution in [0.2, 0.25) is 0 Å². The second kappa shape index (κ2) is 4.56. The normalized spacial score (nSPS) is 10.6. The van der Waals surface area contributed by atoms with E-state index in [2.05, 4.69) is 15.1 Å². The first-order valence-electron chi connectivity index (χ1n) is 5.69. The van der Waals surface area contributed by atoms with Gasteiger partial charge in [0.2, 0.25) is 0 Å². The van der Waals surface area contributed by atoms with Crippen LogP contribution in [-0.2, 0) is 13.5 Å². The number of hydrogen-bond acceptors (Lipinski definition) is 4. The van der Waals surface area contributed by atoms with Crippen molar-refractivity contribution in [2.75, 3.05) is 0 Å². The van der Waals surface area contributed by atoms with Gasteiger partial charge in [-0.1, -0.05) is 6.92 Å². The minimum absolute atomic E-state index is 0.223. The van der Waals surface area contributed by atoms with Crippen LogP contribution in [0.3, 0.4) is 0 Å². The van der Waals surface area contributed by atoms with Crippen LogP contribution in [-0.4, -0.2) is 25.7 Å². The average molecular weight is 245 g/mol. The summed E-state index contributed by atoms with van der Waals surface area (Å²) in [5.74, 6) is -0.0356.